The summed E-state index contributed by atoms with van der Waals surface area (Å²) in [4.78, 5) is 21.4. The molecule has 0 aromatic heterocycles. The van der Waals surface area contributed by atoms with Gasteiger partial charge in [0.05, 0.1) is 7.11 Å². The van der Waals surface area contributed by atoms with E-state index in [0.717, 1.165) is 7.11 Å². The highest BCUT2D eigenvalue weighted by molar-refractivity contribution is 5.87. The molecule has 3 N–H and O–H groups in total. The lowest BCUT2D eigenvalue weighted by atomic mass is 10.2. The van der Waals surface area contributed by atoms with Gasteiger partial charge in [-0.25, -0.2) is 4.79 Å². The minimum Gasteiger partial charge on any atom is -0.467 e. The zero-order valence-corrected chi connectivity index (χ0v) is 7.93. The third kappa shape index (κ3) is 4.63. The molecule has 0 heterocycles. The van der Waals surface area contributed by atoms with Gasteiger partial charge in [-0.3, -0.25) is 4.79 Å². The van der Waals surface area contributed by atoms with Gasteiger partial charge in [0, 0.05) is 0 Å². The van der Waals surface area contributed by atoms with Crippen molar-refractivity contribution in [2.24, 2.45) is 5.73 Å². The smallest absolute Gasteiger partial charge is 0.467 e. The minimum absolute atomic E-state index is 0.0437. The molecule has 0 aromatic rings. The van der Waals surface area contributed by atoms with Gasteiger partial charge in [-0.2, -0.15) is 13.2 Å². The Labute approximate surface area is 83.8 Å². The lowest BCUT2D eigenvalue weighted by molar-refractivity contribution is -0.175. The molecule has 5 nitrogen and oxygen atoms in total. The fraction of sp³-hybridized carbons (Fsp3) is 0.714. The Morgan fingerprint density at radius 1 is 1.47 bits per heavy atom. The number of nitrogens with one attached hydrogen (secondary N) is 1. The Kier molecular flexibility index (Phi) is 5.06. The first-order valence-electron chi connectivity index (χ1n) is 3.98. The summed E-state index contributed by atoms with van der Waals surface area (Å²) in [6, 6.07) is -1.37. The summed E-state index contributed by atoms with van der Waals surface area (Å²) in [5, 5.41) is 1.49. The number of carbonyl (C=O) groups excluding carboxylic acids is 2. The van der Waals surface area contributed by atoms with Crippen LogP contribution in [0.1, 0.15) is 6.42 Å². The Bertz CT molecular complexity index is 242. The summed E-state index contributed by atoms with van der Waals surface area (Å²) in [5.41, 5.74) is 5.07. The number of ether oxygens (including phenoxy) is 1. The predicted octanol–water partition coefficient (Wildman–Crippen LogP) is -0.445. The second-order valence-electron chi connectivity index (χ2n) is 2.62. The fourth-order valence-electron chi connectivity index (χ4n) is 0.798. The number of halogens is 3. The van der Waals surface area contributed by atoms with Crippen molar-refractivity contribution in [1.29, 1.82) is 0 Å². The van der Waals surface area contributed by atoms with Gasteiger partial charge in [-0.1, -0.05) is 0 Å². The van der Waals surface area contributed by atoms with Crippen LogP contribution >= 0.6 is 0 Å². The highest BCUT2D eigenvalue weighted by Crippen LogP contribution is 2.14. The average molecular weight is 228 g/mol. The Morgan fingerprint density at radius 3 is 2.33 bits per heavy atom. The number of nitrogens with two attached hydrogens (primary N) is 1. The summed E-state index contributed by atoms with van der Waals surface area (Å²) >= 11 is 0. The third-order valence-electron chi connectivity index (χ3n) is 1.50. The van der Waals surface area contributed by atoms with Crippen LogP contribution in [0.15, 0.2) is 0 Å². The van der Waals surface area contributed by atoms with Gasteiger partial charge in [0.2, 0.25) is 0 Å². The van der Waals surface area contributed by atoms with Crippen LogP contribution < -0.4 is 11.1 Å². The van der Waals surface area contributed by atoms with E-state index in [9.17, 15) is 22.8 Å². The maximum absolute atomic E-state index is 11.8. The molecule has 1 amide bonds. The van der Waals surface area contributed by atoms with Crippen LogP contribution in [-0.4, -0.2) is 37.7 Å². The number of methoxy groups -OCH3 is 1. The quantitative estimate of drug-likeness (QED) is 0.639. The van der Waals surface area contributed by atoms with Crippen molar-refractivity contribution in [3.05, 3.63) is 0 Å². The molecule has 0 unspecified atom stereocenters. The molecule has 0 saturated carbocycles. The molecule has 8 heteroatoms. The third-order valence-corrected chi connectivity index (χ3v) is 1.50. The van der Waals surface area contributed by atoms with Gasteiger partial charge in [-0.15, -0.1) is 0 Å². The second-order valence-corrected chi connectivity index (χ2v) is 2.62. The van der Waals surface area contributed by atoms with Crippen LogP contribution in [-0.2, 0) is 14.3 Å². The van der Waals surface area contributed by atoms with Crippen LogP contribution in [0.5, 0.6) is 0 Å². The van der Waals surface area contributed by atoms with Gasteiger partial charge in [0.1, 0.15) is 6.04 Å². The van der Waals surface area contributed by atoms with Crippen molar-refractivity contribution in [3.8, 4) is 0 Å². The second kappa shape index (κ2) is 5.54. The lowest BCUT2D eigenvalue weighted by Gasteiger charge is -2.16. The molecule has 0 rings (SSSR count). The van der Waals surface area contributed by atoms with E-state index in [-0.39, 0.29) is 13.0 Å². The monoisotopic (exact) mass is 228 g/mol. The predicted molar refractivity (Wildman–Crippen MR) is 43.7 cm³/mol. The Balaban J connectivity index is 4.42. The number of esters is 1. The molecule has 1 atom stereocenters. The maximum atomic E-state index is 11.8. The summed E-state index contributed by atoms with van der Waals surface area (Å²) < 4.78 is 39.7. The van der Waals surface area contributed by atoms with E-state index in [0.29, 0.717) is 0 Å². The molecule has 0 saturated heterocycles. The first kappa shape index (κ1) is 13.7. The molecule has 88 valence electrons. The molecular formula is C7H11F3N2O3. The van der Waals surface area contributed by atoms with Gasteiger partial charge >= 0.3 is 18.1 Å². The standard InChI is InChI=1S/C7H11F3N2O3/c1-15-5(13)4(2-3-11)12-6(14)7(8,9)10/h4H,2-3,11H2,1H3,(H,12,14)/t4-/m0/s1. The van der Waals surface area contributed by atoms with E-state index in [1.54, 1.807) is 0 Å². The van der Waals surface area contributed by atoms with E-state index in [2.05, 4.69) is 4.74 Å². The fourth-order valence-corrected chi connectivity index (χ4v) is 0.798. The van der Waals surface area contributed by atoms with Crippen LogP contribution in [0.4, 0.5) is 13.2 Å². The van der Waals surface area contributed by atoms with E-state index in [1.165, 1.54) is 5.32 Å². The van der Waals surface area contributed by atoms with Crippen molar-refractivity contribution < 1.29 is 27.5 Å². The summed E-state index contributed by atoms with van der Waals surface area (Å²) in [6.07, 6.45) is -5.14. The lowest BCUT2D eigenvalue weighted by Crippen LogP contribution is -2.48. The largest absolute Gasteiger partial charge is 0.471 e. The SMILES string of the molecule is COC(=O)[C@H](CCN)NC(=O)C(F)(F)F. The Hall–Kier alpha value is -1.31. The molecule has 0 spiro atoms. The minimum atomic E-state index is -5.03. The van der Waals surface area contributed by atoms with Crippen molar-refractivity contribution >= 4 is 11.9 Å². The molecule has 0 aliphatic heterocycles. The molecule has 0 aliphatic carbocycles. The van der Waals surface area contributed by atoms with Crippen molar-refractivity contribution in [2.45, 2.75) is 18.6 Å². The number of hydrogen-bond acceptors (Lipinski definition) is 4. The molecule has 0 aliphatic rings. The number of hydrogen-bond donors (Lipinski definition) is 2. The van der Waals surface area contributed by atoms with Crippen LogP contribution in [0.2, 0.25) is 0 Å². The molecule has 0 radical (unpaired) electrons. The Morgan fingerprint density at radius 2 is 2.00 bits per heavy atom. The highest BCUT2D eigenvalue weighted by atomic mass is 19.4. The maximum Gasteiger partial charge on any atom is 0.471 e. The molecule has 0 aromatic carbocycles. The first-order valence-corrected chi connectivity index (χ1v) is 3.98. The number of amides is 1. The molecule has 0 bridgehead atoms. The topological polar surface area (TPSA) is 81.4 Å². The van der Waals surface area contributed by atoms with Gasteiger partial charge in [0.25, 0.3) is 0 Å². The van der Waals surface area contributed by atoms with Crippen LogP contribution in [0, 0.1) is 0 Å². The number of rotatable bonds is 4. The van der Waals surface area contributed by atoms with Crippen molar-refractivity contribution in [1.82, 2.24) is 5.32 Å². The molecule has 0 fully saturated rings. The van der Waals surface area contributed by atoms with Crippen LogP contribution in [0.25, 0.3) is 0 Å². The van der Waals surface area contributed by atoms with E-state index < -0.39 is 24.1 Å². The zero-order chi connectivity index (χ0) is 12.1. The van der Waals surface area contributed by atoms with Crippen molar-refractivity contribution in [2.75, 3.05) is 13.7 Å². The summed E-state index contributed by atoms with van der Waals surface area (Å²) in [6.45, 7) is -0.0437. The summed E-state index contributed by atoms with van der Waals surface area (Å²) in [5.74, 6) is -3.15. The van der Waals surface area contributed by atoms with E-state index >= 15 is 0 Å². The molecular weight excluding hydrogens is 217 g/mol. The normalized spacial score (nSPS) is 13.1. The van der Waals surface area contributed by atoms with E-state index in [4.69, 9.17) is 5.73 Å². The van der Waals surface area contributed by atoms with Gasteiger partial charge < -0.3 is 15.8 Å². The zero-order valence-electron chi connectivity index (χ0n) is 7.93. The average Bonchev–Trinajstić information content (AvgIpc) is 2.14. The first-order chi connectivity index (χ1) is 6.82. The molecule has 15 heavy (non-hydrogen) atoms. The number of carbonyl (C=O) groups is 2. The summed E-state index contributed by atoms with van der Waals surface area (Å²) in [7, 11) is 1.01. The van der Waals surface area contributed by atoms with Crippen LogP contribution in [0.3, 0.4) is 0 Å². The van der Waals surface area contributed by atoms with E-state index in [1.807, 2.05) is 0 Å². The number of alkyl halides is 3. The van der Waals surface area contributed by atoms with Crippen molar-refractivity contribution in [3.63, 3.8) is 0 Å². The van der Waals surface area contributed by atoms with Gasteiger partial charge in [-0.05, 0) is 13.0 Å². The van der Waals surface area contributed by atoms with Gasteiger partial charge in [0.15, 0.2) is 0 Å². The highest BCUT2D eigenvalue weighted by Gasteiger charge is 2.40.